The number of halogens is 1. The number of aryl methyl sites for hydroxylation is 1. The molecule has 1 rings (SSSR count). The molecule has 0 aliphatic heterocycles. The lowest BCUT2D eigenvalue weighted by Gasteiger charge is -2.00. The van der Waals surface area contributed by atoms with Gasteiger partial charge in [0.25, 0.3) is 0 Å². The fraction of sp³-hybridized carbons (Fsp3) is 0.500. The molecule has 0 amide bonds. The minimum absolute atomic E-state index is 0.831. The fourth-order valence-electron chi connectivity index (χ4n) is 1.41. The first-order valence-electron chi connectivity index (χ1n) is 5.07. The van der Waals surface area contributed by atoms with Crippen molar-refractivity contribution in [2.45, 2.75) is 39.0 Å². The van der Waals surface area contributed by atoms with Crippen molar-refractivity contribution in [3.05, 3.63) is 34.9 Å². The highest BCUT2D eigenvalue weighted by atomic mass is 35.5. The minimum atomic E-state index is 0.831. The Hall–Kier alpha value is -0.490. The smallest absolute Gasteiger partial charge is 0.0406 e. The van der Waals surface area contributed by atoms with Gasteiger partial charge in [0, 0.05) is 5.02 Å². The second-order valence-corrected chi connectivity index (χ2v) is 3.87. The molecule has 0 saturated heterocycles. The van der Waals surface area contributed by atoms with Crippen molar-refractivity contribution in [1.82, 2.24) is 0 Å². The lowest BCUT2D eigenvalue weighted by molar-refractivity contribution is 0.667. The van der Waals surface area contributed by atoms with E-state index in [1.807, 2.05) is 12.1 Å². The number of rotatable bonds is 5. The molecule has 0 fully saturated rings. The maximum Gasteiger partial charge on any atom is 0.0406 e. The van der Waals surface area contributed by atoms with Crippen LogP contribution >= 0.6 is 11.6 Å². The minimum Gasteiger partial charge on any atom is -0.0843 e. The maximum atomic E-state index is 5.80. The highest BCUT2D eigenvalue weighted by Crippen LogP contribution is 2.12. The van der Waals surface area contributed by atoms with Crippen LogP contribution in [0.2, 0.25) is 5.02 Å². The van der Waals surface area contributed by atoms with Gasteiger partial charge in [0.2, 0.25) is 0 Å². The van der Waals surface area contributed by atoms with Gasteiger partial charge in [0.05, 0.1) is 0 Å². The van der Waals surface area contributed by atoms with Gasteiger partial charge >= 0.3 is 0 Å². The third kappa shape index (κ3) is 4.33. The van der Waals surface area contributed by atoms with E-state index in [0.717, 1.165) is 5.02 Å². The standard InChI is InChI=1S/C12H17Cl/c1-2-3-4-5-6-11-7-9-12(13)10-8-11/h7-10H,2-6H2,1H3. The van der Waals surface area contributed by atoms with Crippen LogP contribution in [0.1, 0.15) is 38.2 Å². The first-order chi connectivity index (χ1) is 6.33. The SMILES string of the molecule is CCCCCCc1ccc(Cl)cc1. The summed E-state index contributed by atoms with van der Waals surface area (Å²) in [6, 6.07) is 8.18. The van der Waals surface area contributed by atoms with Gasteiger partial charge < -0.3 is 0 Å². The molecule has 0 aliphatic carbocycles. The molecule has 1 heteroatoms. The van der Waals surface area contributed by atoms with Gasteiger partial charge in [-0.05, 0) is 30.5 Å². The van der Waals surface area contributed by atoms with Crippen molar-refractivity contribution in [2.24, 2.45) is 0 Å². The van der Waals surface area contributed by atoms with Crippen LogP contribution in [0.15, 0.2) is 24.3 Å². The Kier molecular flexibility index (Phi) is 4.92. The van der Waals surface area contributed by atoms with Crippen molar-refractivity contribution < 1.29 is 0 Å². The van der Waals surface area contributed by atoms with E-state index in [2.05, 4.69) is 19.1 Å². The molecule has 1 aromatic rings. The summed E-state index contributed by atoms with van der Waals surface area (Å²) in [6.07, 6.45) is 6.50. The van der Waals surface area contributed by atoms with Gasteiger partial charge in [0.15, 0.2) is 0 Å². The summed E-state index contributed by atoms with van der Waals surface area (Å²) in [5.41, 5.74) is 1.40. The number of benzene rings is 1. The lowest BCUT2D eigenvalue weighted by atomic mass is 10.1. The summed E-state index contributed by atoms with van der Waals surface area (Å²) in [5.74, 6) is 0. The molecule has 0 aromatic heterocycles. The van der Waals surface area contributed by atoms with Gasteiger partial charge in [-0.2, -0.15) is 0 Å². The Morgan fingerprint density at radius 2 is 1.69 bits per heavy atom. The Bertz CT molecular complexity index is 225. The summed E-state index contributed by atoms with van der Waals surface area (Å²) in [4.78, 5) is 0. The zero-order valence-electron chi connectivity index (χ0n) is 8.22. The van der Waals surface area contributed by atoms with E-state index in [1.165, 1.54) is 37.7 Å². The van der Waals surface area contributed by atoms with Crippen molar-refractivity contribution in [3.63, 3.8) is 0 Å². The quantitative estimate of drug-likeness (QED) is 0.610. The largest absolute Gasteiger partial charge is 0.0843 e. The van der Waals surface area contributed by atoms with Gasteiger partial charge in [-0.25, -0.2) is 0 Å². The summed E-state index contributed by atoms with van der Waals surface area (Å²) in [7, 11) is 0. The molecule has 0 saturated carbocycles. The van der Waals surface area contributed by atoms with E-state index in [9.17, 15) is 0 Å². The Labute approximate surface area is 85.9 Å². The summed E-state index contributed by atoms with van der Waals surface area (Å²) in [6.45, 7) is 2.24. The van der Waals surface area contributed by atoms with Crippen LogP contribution in [-0.2, 0) is 6.42 Å². The summed E-state index contributed by atoms with van der Waals surface area (Å²) >= 11 is 5.80. The molecule has 0 atom stereocenters. The molecule has 1 aromatic carbocycles. The molecular formula is C12H17Cl. The maximum absolute atomic E-state index is 5.80. The van der Waals surface area contributed by atoms with Gasteiger partial charge in [-0.1, -0.05) is 49.9 Å². The van der Waals surface area contributed by atoms with Crippen molar-refractivity contribution in [2.75, 3.05) is 0 Å². The first kappa shape index (κ1) is 10.6. The number of unbranched alkanes of at least 4 members (excludes halogenated alkanes) is 3. The molecule has 13 heavy (non-hydrogen) atoms. The third-order valence-corrected chi connectivity index (χ3v) is 2.48. The van der Waals surface area contributed by atoms with Crippen LogP contribution in [0.4, 0.5) is 0 Å². The number of hydrogen-bond donors (Lipinski definition) is 0. The van der Waals surface area contributed by atoms with Gasteiger partial charge in [-0.15, -0.1) is 0 Å². The van der Waals surface area contributed by atoms with E-state index in [0.29, 0.717) is 0 Å². The molecule has 0 aliphatic rings. The Balaban J connectivity index is 2.25. The lowest BCUT2D eigenvalue weighted by Crippen LogP contribution is -1.84. The van der Waals surface area contributed by atoms with Crippen LogP contribution < -0.4 is 0 Å². The zero-order valence-corrected chi connectivity index (χ0v) is 8.98. The third-order valence-electron chi connectivity index (χ3n) is 2.23. The zero-order chi connectivity index (χ0) is 9.52. The van der Waals surface area contributed by atoms with Gasteiger partial charge in [0.1, 0.15) is 0 Å². The molecular weight excluding hydrogens is 180 g/mol. The first-order valence-corrected chi connectivity index (χ1v) is 5.45. The monoisotopic (exact) mass is 196 g/mol. The van der Waals surface area contributed by atoms with E-state index >= 15 is 0 Å². The Morgan fingerprint density at radius 3 is 2.31 bits per heavy atom. The molecule has 0 nitrogen and oxygen atoms in total. The van der Waals surface area contributed by atoms with Crippen LogP contribution in [0.25, 0.3) is 0 Å². The summed E-state index contributed by atoms with van der Waals surface area (Å²) < 4.78 is 0. The van der Waals surface area contributed by atoms with E-state index in [4.69, 9.17) is 11.6 Å². The van der Waals surface area contributed by atoms with Gasteiger partial charge in [-0.3, -0.25) is 0 Å². The summed E-state index contributed by atoms with van der Waals surface area (Å²) in [5, 5.41) is 0.831. The van der Waals surface area contributed by atoms with Crippen LogP contribution in [-0.4, -0.2) is 0 Å². The fourth-order valence-corrected chi connectivity index (χ4v) is 1.53. The normalized spacial score (nSPS) is 10.3. The molecule has 0 N–H and O–H groups in total. The van der Waals surface area contributed by atoms with E-state index in [-0.39, 0.29) is 0 Å². The van der Waals surface area contributed by atoms with Crippen molar-refractivity contribution >= 4 is 11.6 Å². The number of hydrogen-bond acceptors (Lipinski definition) is 0. The van der Waals surface area contributed by atoms with Crippen LogP contribution in [0.3, 0.4) is 0 Å². The highest BCUT2D eigenvalue weighted by molar-refractivity contribution is 6.30. The van der Waals surface area contributed by atoms with E-state index < -0.39 is 0 Å². The average Bonchev–Trinajstić information content (AvgIpc) is 2.15. The highest BCUT2D eigenvalue weighted by Gasteiger charge is 1.93. The molecule has 0 unspecified atom stereocenters. The van der Waals surface area contributed by atoms with Crippen LogP contribution in [0, 0.1) is 0 Å². The molecule has 72 valence electrons. The Morgan fingerprint density at radius 1 is 1.00 bits per heavy atom. The second kappa shape index (κ2) is 6.04. The molecule has 0 radical (unpaired) electrons. The molecule has 0 heterocycles. The predicted molar refractivity (Wildman–Crippen MR) is 59.3 cm³/mol. The topological polar surface area (TPSA) is 0 Å². The van der Waals surface area contributed by atoms with Crippen LogP contribution in [0.5, 0.6) is 0 Å². The molecule has 0 bridgehead atoms. The van der Waals surface area contributed by atoms with Crippen molar-refractivity contribution in [1.29, 1.82) is 0 Å². The van der Waals surface area contributed by atoms with Crippen molar-refractivity contribution in [3.8, 4) is 0 Å². The predicted octanol–water partition coefficient (Wildman–Crippen LogP) is 4.46. The second-order valence-electron chi connectivity index (χ2n) is 3.44. The van der Waals surface area contributed by atoms with E-state index in [1.54, 1.807) is 0 Å². The average molecular weight is 197 g/mol. The molecule has 0 spiro atoms.